The third-order valence-electron chi connectivity index (χ3n) is 4.11. The molecule has 1 unspecified atom stereocenters. The summed E-state index contributed by atoms with van der Waals surface area (Å²) in [5, 5.41) is 0. The molecule has 0 aromatic rings. The van der Waals surface area contributed by atoms with E-state index in [1.807, 2.05) is 6.92 Å². The van der Waals surface area contributed by atoms with Crippen LogP contribution in [0.2, 0.25) is 0 Å². The molecule has 0 spiro atoms. The van der Waals surface area contributed by atoms with Crippen molar-refractivity contribution in [2.75, 3.05) is 13.1 Å². The molecule has 1 aliphatic heterocycles. The molecule has 1 saturated heterocycles. The predicted molar refractivity (Wildman–Crippen MR) is 67.9 cm³/mol. The molecule has 1 heterocycles. The van der Waals surface area contributed by atoms with E-state index in [4.69, 9.17) is 4.74 Å². The van der Waals surface area contributed by atoms with Crippen molar-refractivity contribution < 1.29 is 9.53 Å². The molecular formula is C14H25NO2. The normalized spacial score (nSPS) is 25.5. The highest BCUT2D eigenvalue weighted by Gasteiger charge is 2.26. The van der Waals surface area contributed by atoms with E-state index in [-0.39, 0.29) is 18.1 Å². The molecule has 0 radical (unpaired) electrons. The van der Waals surface area contributed by atoms with Gasteiger partial charge < -0.3 is 4.74 Å². The molecule has 0 aromatic carbocycles. The van der Waals surface area contributed by atoms with Crippen LogP contribution in [0.3, 0.4) is 0 Å². The van der Waals surface area contributed by atoms with Crippen LogP contribution in [0.1, 0.15) is 58.3 Å². The molecule has 17 heavy (non-hydrogen) atoms. The minimum Gasteiger partial charge on any atom is -0.461 e. The average molecular weight is 239 g/mol. The van der Waals surface area contributed by atoms with Gasteiger partial charge in [-0.05, 0) is 58.5 Å². The molecule has 1 aliphatic carbocycles. The molecule has 0 bridgehead atoms. The third kappa shape index (κ3) is 3.70. The largest absolute Gasteiger partial charge is 0.461 e. The first-order chi connectivity index (χ1) is 8.27. The summed E-state index contributed by atoms with van der Waals surface area (Å²) in [5.74, 6) is -0.00111. The summed E-state index contributed by atoms with van der Waals surface area (Å²) in [4.78, 5) is 14.3. The maximum Gasteiger partial charge on any atom is 0.323 e. The molecule has 0 amide bonds. The van der Waals surface area contributed by atoms with Crippen LogP contribution in [0.15, 0.2) is 0 Å². The van der Waals surface area contributed by atoms with Crippen molar-refractivity contribution in [3.8, 4) is 0 Å². The molecule has 1 saturated carbocycles. The molecule has 1 atom stereocenters. The summed E-state index contributed by atoms with van der Waals surface area (Å²) in [7, 11) is 0. The molecule has 98 valence electrons. The van der Waals surface area contributed by atoms with Crippen molar-refractivity contribution >= 4 is 5.97 Å². The minimum atomic E-state index is -0.0442. The van der Waals surface area contributed by atoms with Crippen LogP contribution < -0.4 is 0 Å². The van der Waals surface area contributed by atoms with Gasteiger partial charge >= 0.3 is 5.97 Å². The van der Waals surface area contributed by atoms with E-state index >= 15 is 0 Å². The zero-order valence-corrected chi connectivity index (χ0v) is 11.0. The minimum absolute atomic E-state index is 0.00111. The Kier molecular flexibility index (Phi) is 4.84. The topological polar surface area (TPSA) is 29.5 Å². The number of piperidine rings is 1. The fraction of sp³-hybridized carbons (Fsp3) is 0.929. The van der Waals surface area contributed by atoms with Crippen LogP contribution in [-0.4, -0.2) is 36.1 Å². The number of likely N-dealkylation sites (tertiary alicyclic amines) is 1. The van der Waals surface area contributed by atoms with Crippen LogP contribution in [0.4, 0.5) is 0 Å². The van der Waals surface area contributed by atoms with Gasteiger partial charge in [-0.25, -0.2) is 0 Å². The van der Waals surface area contributed by atoms with Crippen molar-refractivity contribution in [2.45, 2.75) is 70.4 Å². The van der Waals surface area contributed by atoms with Gasteiger partial charge in [-0.15, -0.1) is 0 Å². The van der Waals surface area contributed by atoms with Crippen LogP contribution >= 0.6 is 0 Å². The summed E-state index contributed by atoms with van der Waals surface area (Å²) in [6.07, 6.45) is 9.82. The summed E-state index contributed by atoms with van der Waals surface area (Å²) in [6, 6.07) is -0.0442. The molecule has 0 N–H and O–H groups in total. The Balaban J connectivity index is 1.77. The zero-order chi connectivity index (χ0) is 12.1. The standard InChI is InChI=1S/C14H25NO2/c1-12(15-10-6-3-7-11-15)14(16)17-13-8-4-2-5-9-13/h12-13H,2-11H2,1H3. The quantitative estimate of drug-likeness (QED) is 0.709. The highest BCUT2D eigenvalue weighted by molar-refractivity contribution is 5.75. The first-order valence-corrected chi connectivity index (χ1v) is 7.22. The maximum atomic E-state index is 12.0. The van der Waals surface area contributed by atoms with Gasteiger partial charge in [0, 0.05) is 0 Å². The van der Waals surface area contributed by atoms with E-state index < -0.39 is 0 Å². The second-order valence-electron chi connectivity index (χ2n) is 5.47. The van der Waals surface area contributed by atoms with Crippen molar-refractivity contribution in [3.63, 3.8) is 0 Å². The second kappa shape index (κ2) is 6.39. The van der Waals surface area contributed by atoms with E-state index in [9.17, 15) is 4.79 Å². The van der Waals surface area contributed by atoms with Gasteiger partial charge in [-0.1, -0.05) is 12.8 Å². The fourth-order valence-corrected chi connectivity index (χ4v) is 2.90. The summed E-state index contributed by atoms with van der Waals surface area (Å²) >= 11 is 0. The van der Waals surface area contributed by atoms with Crippen molar-refractivity contribution in [2.24, 2.45) is 0 Å². The predicted octanol–water partition coefficient (Wildman–Crippen LogP) is 2.74. The van der Waals surface area contributed by atoms with E-state index in [0.717, 1.165) is 25.9 Å². The summed E-state index contributed by atoms with van der Waals surface area (Å²) in [6.45, 7) is 4.11. The Morgan fingerprint density at radius 1 is 1.06 bits per heavy atom. The van der Waals surface area contributed by atoms with E-state index in [0.29, 0.717) is 0 Å². The van der Waals surface area contributed by atoms with Crippen LogP contribution in [-0.2, 0) is 9.53 Å². The number of hydrogen-bond donors (Lipinski definition) is 0. The summed E-state index contributed by atoms with van der Waals surface area (Å²) in [5.41, 5.74) is 0. The number of ether oxygens (including phenoxy) is 1. The van der Waals surface area contributed by atoms with Gasteiger partial charge in [0.25, 0.3) is 0 Å². The zero-order valence-electron chi connectivity index (χ0n) is 11.0. The average Bonchev–Trinajstić information content (AvgIpc) is 2.40. The first-order valence-electron chi connectivity index (χ1n) is 7.22. The molecular weight excluding hydrogens is 214 g/mol. The molecule has 3 nitrogen and oxygen atoms in total. The molecule has 2 fully saturated rings. The number of esters is 1. The number of nitrogens with zero attached hydrogens (tertiary/aromatic N) is 1. The Labute approximate surface area is 105 Å². The number of carbonyl (C=O) groups excluding carboxylic acids is 1. The second-order valence-corrected chi connectivity index (χ2v) is 5.47. The molecule has 3 heteroatoms. The van der Waals surface area contributed by atoms with Gasteiger partial charge in [-0.2, -0.15) is 0 Å². The first kappa shape index (κ1) is 12.9. The van der Waals surface area contributed by atoms with Gasteiger partial charge in [0.1, 0.15) is 12.1 Å². The highest BCUT2D eigenvalue weighted by Crippen LogP contribution is 2.21. The monoisotopic (exact) mass is 239 g/mol. The van der Waals surface area contributed by atoms with Gasteiger partial charge in [0.05, 0.1) is 0 Å². The van der Waals surface area contributed by atoms with E-state index in [2.05, 4.69) is 4.90 Å². The third-order valence-corrected chi connectivity index (χ3v) is 4.11. The lowest BCUT2D eigenvalue weighted by molar-refractivity contribution is -0.156. The lowest BCUT2D eigenvalue weighted by atomic mass is 9.98. The lowest BCUT2D eigenvalue weighted by Crippen LogP contribution is -2.44. The fourth-order valence-electron chi connectivity index (χ4n) is 2.90. The van der Waals surface area contributed by atoms with Crippen LogP contribution in [0.5, 0.6) is 0 Å². The highest BCUT2D eigenvalue weighted by atomic mass is 16.5. The van der Waals surface area contributed by atoms with Gasteiger partial charge in [0.2, 0.25) is 0 Å². The summed E-state index contributed by atoms with van der Waals surface area (Å²) < 4.78 is 5.63. The van der Waals surface area contributed by atoms with Crippen LogP contribution in [0, 0.1) is 0 Å². The number of rotatable bonds is 3. The maximum absolute atomic E-state index is 12.0. The smallest absolute Gasteiger partial charge is 0.323 e. The Morgan fingerprint density at radius 3 is 2.29 bits per heavy atom. The lowest BCUT2D eigenvalue weighted by Gasteiger charge is -2.32. The van der Waals surface area contributed by atoms with Crippen molar-refractivity contribution in [1.29, 1.82) is 0 Å². The van der Waals surface area contributed by atoms with Gasteiger partial charge in [-0.3, -0.25) is 9.69 Å². The van der Waals surface area contributed by atoms with E-state index in [1.54, 1.807) is 0 Å². The number of hydrogen-bond acceptors (Lipinski definition) is 3. The van der Waals surface area contributed by atoms with Gasteiger partial charge in [0.15, 0.2) is 0 Å². The molecule has 2 aliphatic rings. The van der Waals surface area contributed by atoms with E-state index in [1.165, 1.54) is 38.5 Å². The Bertz CT molecular complexity index is 243. The Morgan fingerprint density at radius 2 is 1.65 bits per heavy atom. The molecule has 0 aromatic heterocycles. The van der Waals surface area contributed by atoms with Crippen molar-refractivity contribution in [1.82, 2.24) is 4.90 Å². The number of carbonyl (C=O) groups is 1. The SMILES string of the molecule is CC(C(=O)OC1CCCCC1)N1CCCCC1. The molecule has 2 rings (SSSR count). The van der Waals surface area contributed by atoms with Crippen molar-refractivity contribution in [3.05, 3.63) is 0 Å². The van der Waals surface area contributed by atoms with Crippen LogP contribution in [0.25, 0.3) is 0 Å². The Hall–Kier alpha value is -0.570.